The molecule has 1 amide bonds. The number of carbonyl (C=O) groups is 1. The normalized spacial score (nSPS) is 18.9. The molecule has 1 unspecified atom stereocenters. The molecule has 5 heteroatoms. The number of hydrogen-bond donors (Lipinski definition) is 1. The van der Waals surface area contributed by atoms with Crippen molar-refractivity contribution in [3.63, 3.8) is 0 Å². The third kappa shape index (κ3) is 3.72. The molecule has 2 aromatic carbocycles. The van der Waals surface area contributed by atoms with Crippen LogP contribution in [0.3, 0.4) is 0 Å². The number of benzene rings is 2. The van der Waals surface area contributed by atoms with Crippen molar-refractivity contribution < 1.29 is 9.53 Å². The third-order valence-electron chi connectivity index (χ3n) is 6.37. The molecule has 156 valence electrons. The minimum atomic E-state index is -0.478. The molecule has 1 fully saturated rings. The summed E-state index contributed by atoms with van der Waals surface area (Å²) in [4.78, 5) is 16.1. The highest BCUT2D eigenvalue weighted by atomic mass is 35.5. The van der Waals surface area contributed by atoms with Crippen molar-refractivity contribution in [1.29, 1.82) is 0 Å². The molecule has 4 nitrogen and oxygen atoms in total. The maximum Gasteiger partial charge on any atom is 0.241 e. The first-order chi connectivity index (χ1) is 15.0. The summed E-state index contributed by atoms with van der Waals surface area (Å²) in [6.07, 6.45) is 9.15. The van der Waals surface area contributed by atoms with Gasteiger partial charge in [-0.25, -0.2) is 0 Å². The number of amides is 1. The third-order valence-corrected chi connectivity index (χ3v) is 6.60. The minimum Gasteiger partial charge on any atom is -0.487 e. The van der Waals surface area contributed by atoms with Crippen LogP contribution in [0, 0.1) is 0 Å². The fraction of sp³-hybridized carbons (Fsp3) is 0.231. The number of aromatic nitrogens is 1. The summed E-state index contributed by atoms with van der Waals surface area (Å²) in [7, 11) is 0. The average Bonchev–Trinajstić information content (AvgIpc) is 2.76. The van der Waals surface area contributed by atoms with Crippen molar-refractivity contribution in [2.45, 2.75) is 37.2 Å². The lowest BCUT2D eigenvalue weighted by Crippen LogP contribution is -2.47. The van der Waals surface area contributed by atoms with E-state index in [2.05, 4.69) is 11.1 Å². The van der Waals surface area contributed by atoms with Crippen molar-refractivity contribution in [1.82, 2.24) is 4.98 Å². The number of primary amides is 1. The fourth-order valence-corrected chi connectivity index (χ4v) is 4.97. The Labute approximate surface area is 186 Å². The number of hydrogen-bond acceptors (Lipinski definition) is 3. The van der Waals surface area contributed by atoms with E-state index in [0.717, 1.165) is 53.0 Å². The summed E-state index contributed by atoms with van der Waals surface area (Å²) < 4.78 is 6.47. The standard InChI is InChI=1S/C26H23ClN2O2/c27-18-9-10-23-20(15-18)21(16-26(31-23)12-4-13-26)19-6-3-5-17(8-11-24(28)30)25(19)22-7-1-2-14-29-22/h1-3,5-11,14-15,21H,4,12-13,16H2,(H2,28,30)/b11-8+. The lowest BCUT2D eigenvalue weighted by molar-refractivity contribution is -0.113. The molecule has 0 saturated heterocycles. The molecule has 2 aliphatic rings. The van der Waals surface area contributed by atoms with Crippen LogP contribution in [-0.4, -0.2) is 16.5 Å². The first-order valence-electron chi connectivity index (χ1n) is 10.5. The number of nitrogens with zero attached hydrogens (tertiary/aromatic N) is 1. The molecular formula is C26H23ClN2O2. The highest BCUT2D eigenvalue weighted by molar-refractivity contribution is 6.30. The molecule has 1 atom stereocenters. The van der Waals surface area contributed by atoms with Gasteiger partial charge in [0, 0.05) is 34.3 Å². The van der Waals surface area contributed by atoms with Crippen molar-refractivity contribution in [3.05, 3.63) is 88.6 Å². The summed E-state index contributed by atoms with van der Waals surface area (Å²) in [5.41, 5.74) is 10.3. The fourth-order valence-electron chi connectivity index (χ4n) is 4.79. The Morgan fingerprint density at radius 1 is 1.13 bits per heavy atom. The van der Waals surface area contributed by atoms with Gasteiger partial charge in [-0.15, -0.1) is 0 Å². The van der Waals surface area contributed by atoms with E-state index in [1.807, 2.05) is 48.5 Å². The van der Waals surface area contributed by atoms with E-state index < -0.39 is 5.91 Å². The van der Waals surface area contributed by atoms with Crippen LogP contribution in [0.2, 0.25) is 5.02 Å². The van der Waals surface area contributed by atoms with E-state index in [1.165, 1.54) is 12.5 Å². The Morgan fingerprint density at radius 3 is 2.71 bits per heavy atom. The zero-order valence-electron chi connectivity index (χ0n) is 17.1. The first kappa shape index (κ1) is 19.8. The van der Waals surface area contributed by atoms with Gasteiger partial charge in [-0.05, 0) is 73.2 Å². The predicted octanol–water partition coefficient (Wildman–Crippen LogP) is 5.74. The van der Waals surface area contributed by atoms with Gasteiger partial charge >= 0.3 is 0 Å². The summed E-state index contributed by atoms with van der Waals surface area (Å²) in [5, 5.41) is 0.695. The molecule has 1 saturated carbocycles. The van der Waals surface area contributed by atoms with E-state index in [0.29, 0.717) is 5.02 Å². The maximum atomic E-state index is 11.4. The van der Waals surface area contributed by atoms with E-state index in [4.69, 9.17) is 22.1 Å². The summed E-state index contributed by atoms with van der Waals surface area (Å²) in [5.74, 6) is 0.543. The van der Waals surface area contributed by atoms with E-state index in [-0.39, 0.29) is 11.5 Å². The van der Waals surface area contributed by atoms with Crippen LogP contribution in [0.1, 0.15) is 48.3 Å². The van der Waals surface area contributed by atoms with Crippen molar-refractivity contribution in [3.8, 4) is 17.0 Å². The molecule has 31 heavy (non-hydrogen) atoms. The molecule has 1 spiro atoms. The van der Waals surface area contributed by atoms with Gasteiger partial charge in [0.2, 0.25) is 5.91 Å². The quantitative estimate of drug-likeness (QED) is 0.537. The second-order valence-electron chi connectivity index (χ2n) is 8.34. The number of ether oxygens (including phenoxy) is 1. The lowest BCUT2D eigenvalue weighted by Gasteiger charge is -2.48. The van der Waals surface area contributed by atoms with Crippen LogP contribution in [0.15, 0.2) is 66.9 Å². The van der Waals surface area contributed by atoms with Crippen molar-refractivity contribution in [2.24, 2.45) is 5.73 Å². The topological polar surface area (TPSA) is 65.2 Å². The minimum absolute atomic E-state index is 0.113. The van der Waals surface area contributed by atoms with Gasteiger partial charge < -0.3 is 10.5 Å². The number of pyridine rings is 1. The van der Waals surface area contributed by atoms with Gasteiger partial charge in [-0.1, -0.05) is 35.9 Å². The Balaban J connectivity index is 1.72. The molecular weight excluding hydrogens is 408 g/mol. The molecule has 0 radical (unpaired) electrons. The maximum absolute atomic E-state index is 11.4. The Hall–Kier alpha value is -3.11. The Bertz CT molecular complexity index is 1170. The van der Waals surface area contributed by atoms with E-state index >= 15 is 0 Å². The van der Waals surface area contributed by atoms with Crippen LogP contribution in [0.25, 0.3) is 17.3 Å². The van der Waals surface area contributed by atoms with Crippen LogP contribution in [0.5, 0.6) is 5.75 Å². The van der Waals surface area contributed by atoms with Crippen LogP contribution in [-0.2, 0) is 4.79 Å². The number of carbonyl (C=O) groups excluding carboxylic acids is 1. The number of rotatable bonds is 4. The van der Waals surface area contributed by atoms with Gasteiger partial charge in [-0.3, -0.25) is 9.78 Å². The second kappa shape index (κ2) is 7.86. The summed E-state index contributed by atoms with van der Waals surface area (Å²) in [6, 6.07) is 17.9. The zero-order valence-corrected chi connectivity index (χ0v) is 17.8. The molecule has 1 aliphatic carbocycles. The molecule has 1 aromatic heterocycles. The summed E-state index contributed by atoms with van der Waals surface area (Å²) >= 11 is 6.39. The molecule has 1 aliphatic heterocycles. The van der Waals surface area contributed by atoms with Crippen molar-refractivity contribution in [2.75, 3.05) is 0 Å². The van der Waals surface area contributed by atoms with Gasteiger partial charge in [0.25, 0.3) is 0 Å². The van der Waals surface area contributed by atoms with E-state index in [1.54, 1.807) is 12.3 Å². The lowest BCUT2D eigenvalue weighted by atomic mass is 9.68. The van der Waals surface area contributed by atoms with Crippen LogP contribution in [0.4, 0.5) is 0 Å². The highest BCUT2D eigenvalue weighted by Gasteiger charge is 2.46. The second-order valence-corrected chi connectivity index (χ2v) is 8.78. The first-order valence-corrected chi connectivity index (χ1v) is 10.9. The number of fused-ring (bicyclic) bond motifs is 1. The average molecular weight is 431 g/mol. The predicted molar refractivity (Wildman–Crippen MR) is 123 cm³/mol. The van der Waals surface area contributed by atoms with Crippen molar-refractivity contribution >= 4 is 23.6 Å². The zero-order chi connectivity index (χ0) is 21.4. The van der Waals surface area contributed by atoms with Gasteiger partial charge in [0.05, 0.1) is 5.69 Å². The highest BCUT2D eigenvalue weighted by Crippen LogP contribution is 2.53. The van der Waals surface area contributed by atoms with Gasteiger partial charge in [0.15, 0.2) is 0 Å². The molecule has 3 aromatic rings. The van der Waals surface area contributed by atoms with Gasteiger partial charge in [0.1, 0.15) is 11.4 Å². The van der Waals surface area contributed by atoms with Crippen LogP contribution >= 0.6 is 11.6 Å². The Morgan fingerprint density at radius 2 is 2.00 bits per heavy atom. The molecule has 2 heterocycles. The molecule has 2 N–H and O–H groups in total. The SMILES string of the molecule is NC(=O)/C=C/c1cccc(C2CC3(CCC3)Oc3ccc(Cl)cc32)c1-c1ccccn1. The summed E-state index contributed by atoms with van der Waals surface area (Å²) in [6.45, 7) is 0. The van der Waals surface area contributed by atoms with Gasteiger partial charge in [-0.2, -0.15) is 0 Å². The number of halogens is 1. The van der Waals surface area contributed by atoms with E-state index in [9.17, 15) is 4.79 Å². The largest absolute Gasteiger partial charge is 0.487 e. The molecule has 0 bridgehead atoms. The number of nitrogens with two attached hydrogens (primary N) is 1. The monoisotopic (exact) mass is 430 g/mol. The van der Waals surface area contributed by atoms with Crippen LogP contribution < -0.4 is 10.5 Å². The smallest absolute Gasteiger partial charge is 0.241 e. The molecule has 5 rings (SSSR count). The Kier molecular flexibility index (Phi) is 5.03.